The molecule has 0 saturated carbocycles. The Hall–Kier alpha value is -2.54. The Labute approximate surface area is 183 Å². The average Bonchev–Trinajstić information content (AvgIpc) is 3.44. The molecular weight excluding hydrogens is 394 g/mol. The van der Waals surface area contributed by atoms with Crippen LogP contribution in [0.2, 0.25) is 0 Å². The monoisotopic (exact) mass is 425 g/mol. The number of guanidine groups is 1. The molecule has 2 fully saturated rings. The van der Waals surface area contributed by atoms with Crippen molar-refractivity contribution in [2.24, 2.45) is 4.99 Å². The number of nitrogens with one attached hydrogen (secondary N) is 1. The summed E-state index contributed by atoms with van der Waals surface area (Å²) in [6.45, 7) is 9.20. The molecule has 0 unspecified atom stereocenters. The first-order valence-electron chi connectivity index (χ1n) is 10.9. The van der Waals surface area contributed by atoms with E-state index < -0.39 is 0 Å². The Morgan fingerprint density at radius 3 is 2.63 bits per heavy atom. The Kier molecular flexibility index (Phi) is 6.89. The summed E-state index contributed by atoms with van der Waals surface area (Å²) in [5, 5.41) is 6.95. The second-order valence-electron chi connectivity index (χ2n) is 7.83. The minimum absolute atomic E-state index is 0.273. The summed E-state index contributed by atoms with van der Waals surface area (Å²) in [6.07, 6.45) is 1.67. The summed E-state index contributed by atoms with van der Waals surface area (Å²) in [5.74, 6) is 1.26. The van der Waals surface area contributed by atoms with Gasteiger partial charge in [0.1, 0.15) is 0 Å². The van der Waals surface area contributed by atoms with Crippen molar-refractivity contribution in [1.29, 1.82) is 0 Å². The van der Waals surface area contributed by atoms with Gasteiger partial charge in [-0.05, 0) is 42.0 Å². The van der Waals surface area contributed by atoms with Crippen LogP contribution in [0, 0.1) is 0 Å². The number of carbonyl (C=O) groups excluding carboxylic acids is 1. The molecule has 1 amide bonds. The summed E-state index contributed by atoms with van der Waals surface area (Å²) in [5.41, 5.74) is 2.37. The van der Waals surface area contributed by atoms with Crippen molar-refractivity contribution >= 4 is 28.2 Å². The Morgan fingerprint density at radius 1 is 1.10 bits per heavy atom. The first-order valence-corrected chi connectivity index (χ1v) is 11.8. The number of benzene rings is 1. The zero-order chi connectivity index (χ0) is 20.8. The SMILES string of the molecule is CCNC(=NCc1cccc(CN2CCCC2=O)c1)N1CCN(c2cccs2)CC1. The number of nitrogens with zero attached hydrogens (tertiary/aromatic N) is 4. The van der Waals surface area contributed by atoms with Crippen molar-refractivity contribution in [3.63, 3.8) is 0 Å². The highest BCUT2D eigenvalue weighted by Crippen LogP contribution is 2.22. The van der Waals surface area contributed by atoms with E-state index in [0.717, 1.165) is 51.6 Å². The van der Waals surface area contributed by atoms with Gasteiger partial charge in [0.15, 0.2) is 5.96 Å². The van der Waals surface area contributed by atoms with Gasteiger partial charge >= 0.3 is 0 Å². The maximum atomic E-state index is 11.9. The van der Waals surface area contributed by atoms with E-state index in [-0.39, 0.29) is 5.91 Å². The second kappa shape index (κ2) is 9.98. The normalized spacial score (nSPS) is 17.7. The van der Waals surface area contributed by atoms with Crippen molar-refractivity contribution in [3.8, 4) is 0 Å². The van der Waals surface area contributed by atoms with Gasteiger partial charge in [0.25, 0.3) is 0 Å². The maximum Gasteiger partial charge on any atom is 0.222 e. The largest absolute Gasteiger partial charge is 0.360 e. The number of thiophene rings is 1. The lowest BCUT2D eigenvalue weighted by atomic mass is 10.1. The lowest BCUT2D eigenvalue weighted by Gasteiger charge is -2.37. The molecule has 0 bridgehead atoms. The van der Waals surface area contributed by atoms with E-state index in [2.05, 4.69) is 63.8 Å². The van der Waals surface area contributed by atoms with Crippen molar-refractivity contribution in [2.45, 2.75) is 32.9 Å². The number of anilines is 1. The van der Waals surface area contributed by atoms with Gasteiger partial charge in [-0.2, -0.15) is 0 Å². The number of hydrogen-bond donors (Lipinski definition) is 1. The molecule has 6 nitrogen and oxygen atoms in total. The smallest absolute Gasteiger partial charge is 0.222 e. The van der Waals surface area contributed by atoms with E-state index in [1.807, 2.05) is 4.90 Å². The molecule has 2 aromatic rings. The van der Waals surface area contributed by atoms with Crippen LogP contribution in [0.25, 0.3) is 0 Å². The zero-order valence-corrected chi connectivity index (χ0v) is 18.5. The van der Waals surface area contributed by atoms with Crippen LogP contribution in [0.1, 0.15) is 30.9 Å². The number of carbonyl (C=O) groups is 1. The van der Waals surface area contributed by atoms with E-state index in [4.69, 9.17) is 4.99 Å². The summed E-state index contributed by atoms with van der Waals surface area (Å²) in [7, 11) is 0. The number of aliphatic imine (C=N–C) groups is 1. The van der Waals surface area contributed by atoms with E-state index in [0.29, 0.717) is 19.5 Å². The quantitative estimate of drug-likeness (QED) is 0.571. The second-order valence-corrected chi connectivity index (χ2v) is 8.76. The van der Waals surface area contributed by atoms with Gasteiger partial charge in [-0.15, -0.1) is 11.3 Å². The highest BCUT2D eigenvalue weighted by atomic mass is 32.1. The molecule has 1 N–H and O–H groups in total. The fourth-order valence-corrected chi connectivity index (χ4v) is 4.88. The van der Waals surface area contributed by atoms with Crippen LogP contribution in [0.15, 0.2) is 46.8 Å². The third-order valence-electron chi connectivity index (χ3n) is 5.68. The Balaban J connectivity index is 1.37. The molecule has 7 heteroatoms. The lowest BCUT2D eigenvalue weighted by Crippen LogP contribution is -2.52. The minimum atomic E-state index is 0.273. The van der Waals surface area contributed by atoms with Gasteiger partial charge < -0.3 is 20.0 Å². The topological polar surface area (TPSA) is 51.2 Å². The molecule has 0 radical (unpaired) electrons. The number of likely N-dealkylation sites (tertiary alicyclic amines) is 1. The summed E-state index contributed by atoms with van der Waals surface area (Å²) >= 11 is 1.81. The van der Waals surface area contributed by atoms with Crippen LogP contribution in [0.4, 0.5) is 5.00 Å². The van der Waals surface area contributed by atoms with Crippen LogP contribution >= 0.6 is 11.3 Å². The molecule has 1 aromatic carbocycles. The standard InChI is InChI=1S/C23H31N5OS/c1-2-24-23(27-13-11-26(12-14-27)22-9-5-15-30-22)25-17-19-6-3-7-20(16-19)18-28-10-4-8-21(28)29/h3,5-7,9,15-16H,2,4,8,10-14,17-18H2,1H3,(H,24,25). The van der Waals surface area contributed by atoms with Gasteiger partial charge in [0.05, 0.1) is 11.5 Å². The molecule has 2 aliphatic heterocycles. The fourth-order valence-electron chi connectivity index (χ4n) is 4.10. The van der Waals surface area contributed by atoms with Crippen LogP contribution in [-0.2, 0) is 17.9 Å². The molecule has 0 aliphatic carbocycles. The predicted octanol–water partition coefficient (Wildman–Crippen LogP) is 3.16. The molecule has 1 aromatic heterocycles. The number of piperazine rings is 1. The average molecular weight is 426 g/mol. The number of hydrogen-bond acceptors (Lipinski definition) is 4. The molecule has 0 atom stereocenters. The predicted molar refractivity (Wildman–Crippen MR) is 124 cm³/mol. The molecule has 3 heterocycles. The molecule has 30 heavy (non-hydrogen) atoms. The third-order valence-corrected chi connectivity index (χ3v) is 6.61. The van der Waals surface area contributed by atoms with E-state index in [9.17, 15) is 4.79 Å². The first-order chi connectivity index (χ1) is 14.7. The summed E-state index contributed by atoms with van der Waals surface area (Å²) < 4.78 is 0. The summed E-state index contributed by atoms with van der Waals surface area (Å²) in [6, 6.07) is 12.8. The van der Waals surface area contributed by atoms with E-state index in [1.54, 1.807) is 11.3 Å². The fraction of sp³-hybridized carbons (Fsp3) is 0.478. The Morgan fingerprint density at radius 2 is 1.93 bits per heavy atom. The highest BCUT2D eigenvalue weighted by Gasteiger charge is 2.21. The molecular formula is C23H31N5OS. The van der Waals surface area contributed by atoms with Gasteiger partial charge in [0.2, 0.25) is 5.91 Å². The maximum absolute atomic E-state index is 11.9. The van der Waals surface area contributed by atoms with Gasteiger partial charge in [-0.25, -0.2) is 4.99 Å². The molecule has 160 valence electrons. The number of rotatable bonds is 6. The van der Waals surface area contributed by atoms with Gasteiger partial charge in [-0.3, -0.25) is 4.79 Å². The van der Waals surface area contributed by atoms with Crippen molar-refractivity contribution in [2.75, 3.05) is 44.2 Å². The summed E-state index contributed by atoms with van der Waals surface area (Å²) in [4.78, 5) is 23.6. The van der Waals surface area contributed by atoms with Crippen LogP contribution in [-0.4, -0.2) is 60.9 Å². The molecule has 0 spiro atoms. The van der Waals surface area contributed by atoms with Crippen molar-refractivity contribution in [1.82, 2.24) is 15.1 Å². The third kappa shape index (κ3) is 5.14. The Bertz CT molecular complexity index is 858. The van der Waals surface area contributed by atoms with Crippen LogP contribution in [0.5, 0.6) is 0 Å². The van der Waals surface area contributed by atoms with E-state index >= 15 is 0 Å². The zero-order valence-electron chi connectivity index (χ0n) is 17.7. The van der Waals surface area contributed by atoms with Gasteiger partial charge in [-0.1, -0.05) is 24.3 Å². The lowest BCUT2D eigenvalue weighted by molar-refractivity contribution is -0.128. The highest BCUT2D eigenvalue weighted by molar-refractivity contribution is 7.14. The number of amides is 1. The van der Waals surface area contributed by atoms with Gasteiger partial charge in [0, 0.05) is 52.2 Å². The molecule has 2 saturated heterocycles. The first kappa shape index (κ1) is 20.7. The van der Waals surface area contributed by atoms with Crippen molar-refractivity contribution < 1.29 is 4.79 Å². The molecule has 4 rings (SSSR count). The van der Waals surface area contributed by atoms with Crippen LogP contribution in [0.3, 0.4) is 0 Å². The van der Waals surface area contributed by atoms with Crippen LogP contribution < -0.4 is 10.2 Å². The van der Waals surface area contributed by atoms with Crippen molar-refractivity contribution in [3.05, 3.63) is 52.9 Å². The molecule has 2 aliphatic rings. The van der Waals surface area contributed by atoms with E-state index in [1.165, 1.54) is 16.1 Å². The minimum Gasteiger partial charge on any atom is -0.360 e.